The lowest BCUT2D eigenvalue weighted by Crippen LogP contribution is -2.21. The standard InChI is InChI=1S/C17H27N7O/c1-10(2)15-19-16(21-20-15)13-8-24(7-12(13)11-5-6-11)9-14-18-17(22-25-14)23(3)4/h10-13H,5-9H2,1-4H3,(H,19,20,21)/t12-,13+/m1/s1. The molecule has 0 bridgehead atoms. The molecule has 25 heavy (non-hydrogen) atoms. The van der Waals surface area contributed by atoms with Gasteiger partial charge in [0.1, 0.15) is 5.82 Å². The predicted octanol–water partition coefficient (Wildman–Crippen LogP) is 2.00. The zero-order chi connectivity index (χ0) is 17.6. The van der Waals surface area contributed by atoms with Gasteiger partial charge in [-0.25, -0.2) is 4.98 Å². The maximum absolute atomic E-state index is 5.40. The Hall–Kier alpha value is -1.96. The molecule has 8 heteroatoms. The van der Waals surface area contributed by atoms with Crippen LogP contribution in [0.25, 0.3) is 0 Å². The van der Waals surface area contributed by atoms with Gasteiger partial charge >= 0.3 is 0 Å². The fraction of sp³-hybridized carbons (Fsp3) is 0.765. The van der Waals surface area contributed by atoms with Gasteiger partial charge in [-0.3, -0.25) is 10.00 Å². The van der Waals surface area contributed by atoms with Crippen molar-refractivity contribution in [1.29, 1.82) is 0 Å². The van der Waals surface area contributed by atoms with Crippen molar-refractivity contribution >= 4 is 5.95 Å². The van der Waals surface area contributed by atoms with Crippen LogP contribution in [0.3, 0.4) is 0 Å². The minimum absolute atomic E-state index is 0.352. The second-order valence-corrected chi connectivity index (χ2v) is 7.92. The smallest absolute Gasteiger partial charge is 0.265 e. The lowest BCUT2D eigenvalue weighted by molar-refractivity contribution is 0.257. The minimum atomic E-state index is 0.352. The molecule has 2 aromatic heterocycles. The van der Waals surface area contributed by atoms with Gasteiger partial charge in [0.05, 0.1) is 6.54 Å². The van der Waals surface area contributed by atoms with E-state index in [-0.39, 0.29) is 0 Å². The third-order valence-electron chi connectivity index (χ3n) is 5.27. The number of hydrogen-bond donors (Lipinski definition) is 1. The van der Waals surface area contributed by atoms with Crippen molar-refractivity contribution in [3.63, 3.8) is 0 Å². The van der Waals surface area contributed by atoms with E-state index in [1.807, 2.05) is 19.0 Å². The lowest BCUT2D eigenvalue weighted by atomic mass is 9.91. The van der Waals surface area contributed by atoms with Crippen LogP contribution in [-0.4, -0.2) is 57.4 Å². The van der Waals surface area contributed by atoms with E-state index in [0.717, 1.165) is 30.7 Å². The number of aromatic amines is 1. The van der Waals surface area contributed by atoms with E-state index in [2.05, 4.69) is 39.1 Å². The van der Waals surface area contributed by atoms with Gasteiger partial charge in [-0.2, -0.15) is 10.1 Å². The Kier molecular flexibility index (Phi) is 4.23. The number of rotatable bonds is 6. The van der Waals surface area contributed by atoms with E-state index < -0.39 is 0 Å². The van der Waals surface area contributed by atoms with Crippen molar-refractivity contribution in [2.24, 2.45) is 11.8 Å². The Labute approximate surface area is 148 Å². The van der Waals surface area contributed by atoms with Crippen LogP contribution >= 0.6 is 0 Å². The average Bonchev–Trinajstić information content (AvgIpc) is 3.01. The highest BCUT2D eigenvalue weighted by atomic mass is 16.5. The molecule has 2 aliphatic rings. The van der Waals surface area contributed by atoms with Crippen molar-refractivity contribution < 1.29 is 4.52 Å². The van der Waals surface area contributed by atoms with Crippen LogP contribution in [0.5, 0.6) is 0 Å². The summed E-state index contributed by atoms with van der Waals surface area (Å²) >= 11 is 0. The number of anilines is 1. The Morgan fingerprint density at radius 3 is 2.64 bits per heavy atom. The topological polar surface area (TPSA) is 87.0 Å². The van der Waals surface area contributed by atoms with Crippen molar-refractivity contribution in [3.05, 3.63) is 17.5 Å². The van der Waals surface area contributed by atoms with Gasteiger partial charge in [0.25, 0.3) is 5.95 Å². The van der Waals surface area contributed by atoms with E-state index in [4.69, 9.17) is 9.51 Å². The molecular formula is C17H27N7O. The first-order valence-corrected chi connectivity index (χ1v) is 9.15. The molecule has 1 N–H and O–H groups in total. The fourth-order valence-corrected chi connectivity index (χ4v) is 3.73. The SMILES string of the molecule is CC(C)c1n[nH]c([C@H]2CN(Cc3nc(N(C)C)no3)C[C@@H]2C2CC2)n1. The van der Waals surface area contributed by atoms with Crippen LogP contribution in [0.1, 0.15) is 56.1 Å². The van der Waals surface area contributed by atoms with Crippen molar-refractivity contribution in [2.45, 2.75) is 45.1 Å². The molecule has 3 heterocycles. The highest BCUT2D eigenvalue weighted by Crippen LogP contribution is 2.47. The van der Waals surface area contributed by atoms with Gasteiger partial charge in [-0.1, -0.05) is 13.8 Å². The summed E-state index contributed by atoms with van der Waals surface area (Å²) in [4.78, 5) is 13.5. The van der Waals surface area contributed by atoms with Crippen LogP contribution in [0, 0.1) is 11.8 Å². The monoisotopic (exact) mass is 345 g/mol. The van der Waals surface area contributed by atoms with Gasteiger partial charge in [-0.15, -0.1) is 0 Å². The van der Waals surface area contributed by atoms with Gasteiger partial charge in [0.2, 0.25) is 5.89 Å². The number of H-pyrrole nitrogens is 1. The first-order valence-electron chi connectivity index (χ1n) is 9.15. The molecule has 2 aromatic rings. The Balaban J connectivity index is 1.48. The molecule has 2 atom stereocenters. The summed E-state index contributed by atoms with van der Waals surface area (Å²) < 4.78 is 5.40. The largest absolute Gasteiger partial charge is 0.344 e. The van der Waals surface area contributed by atoms with E-state index in [1.54, 1.807) is 0 Å². The summed E-state index contributed by atoms with van der Waals surface area (Å²) in [6.45, 7) is 6.99. The summed E-state index contributed by atoms with van der Waals surface area (Å²) in [6, 6.07) is 0. The second kappa shape index (κ2) is 6.40. The summed E-state index contributed by atoms with van der Waals surface area (Å²) in [5.41, 5.74) is 0. The van der Waals surface area contributed by atoms with Crippen LogP contribution in [-0.2, 0) is 6.54 Å². The number of aromatic nitrogens is 5. The third-order valence-corrected chi connectivity index (χ3v) is 5.27. The van der Waals surface area contributed by atoms with E-state index in [1.165, 1.54) is 12.8 Å². The third kappa shape index (κ3) is 3.40. The van der Waals surface area contributed by atoms with Crippen molar-refractivity contribution in [2.75, 3.05) is 32.1 Å². The second-order valence-electron chi connectivity index (χ2n) is 7.92. The molecule has 8 nitrogen and oxygen atoms in total. The lowest BCUT2D eigenvalue weighted by Gasteiger charge is -2.14. The fourth-order valence-electron chi connectivity index (χ4n) is 3.73. The maximum Gasteiger partial charge on any atom is 0.265 e. The minimum Gasteiger partial charge on any atom is -0.344 e. The Morgan fingerprint density at radius 2 is 2.04 bits per heavy atom. The molecule has 0 amide bonds. The quantitative estimate of drug-likeness (QED) is 0.857. The summed E-state index contributed by atoms with van der Waals surface area (Å²) in [7, 11) is 3.83. The number of hydrogen-bond acceptors (Lipinski definition) is 7. The predicted molar refractivity (Wildman–Crippen MR) is 93.3 cm³/mol. The number of nitrogens with zero attached hydrogens (tertiary/aromatic N) is 6. The van der Waals surface area contributed by atoms with Crippen LogP contribution < -0.4 is 4.90 Å². The van der Waals surface area contributed by atoms with E-state index in [0.29, 0.717) is 36.1 Å². The normalized spacial score (nSPS) is 24.4. The van der Waals surface area contributed by atoms with Gasteiger partial charge < -0.3 is 9.42 Å². The Morgan fingerprint density at radius 1 is 1.24 bits per heavy atom. The summed E-state index contributed by atoms with van der Waals surface area (Å²) in [5, 5.41) is 11.6. The van der Waals surface area contributed by atoms with E-state index >= 15 is 0 Å². The molecule has 0 radical (unpaired) electrons. The molecule has 4 rings (SSSR count). The summed E-state index contributed by atoms with van der Waals surface area (Å²) in [5.74, 6) is 5.50. The first kappa shape index (κ1) is 16.5. The molecule has 0 aromatic carbocycles. The summed E-state index contributed by atoms with van der Waals surface area (Å²) in [6.07, 6.45) is 2.68. The Bertz CT molecular complexity index is 718. The molecular weight excluding hydrogens is 318 g/mol. The van der Waals surface area contributed by atoms with Crippen molar-refractivity contribution in [1.82, 2.24) is 30.2 Å². The molecule has 0 spiro atoms. The zero-order valence-corrected chi connectivity index (χ0v) is 15.4. The average molecular weight is 345 g/mol. The number of nitrogens with one attached hydrogen (secondary N) is 1. The molecule has 1 aliphatic heterocycles. The maximum atomic E-state index is 5.40. The first-order chi connectivity index (χ1) is 12.0. The van der Waals surface area contributed by atoms with Crippen LogP contribution in [0.2, 0.25) is 0 Å². The molecule has 0 unspecified atom stereocenters. The highest BCUT2D eigenvalue weighted by molar-refractivity contribution is 5.23. The van der Waals surface area contributed by atoms with Crippen LogP contribution in [0.4, 0.5) is 5.95 Å². The zero-order valence-electron chi connectivity index (χ0n) is 15.4. The highest BCUT2D eigenvalue weighted by Gasteiger charge is 2.44. The molecule has 1 aliphatic carbocycles. The van der Waals surface area contributed by atoms with Crippen molar-refractivity contribution in [3.8, 4) is 0 Å². The molecule has 2 fully saturated rings. The molecule has 136 valence electrons. The van der Waals surface area contributed by atoms with Crippen LogP contribution in [0.15, 0.2) is 4.52 Å². The number of likely N-dealkylation sites (tertiary alicyclic amines) is 1. The molecule has 1 saturated heterocycles. The van der Waals surface area contributed by atoms with Gasteiger partial charge in [0.15, 0.2) is 5.82 Å². The van der Waals surface area contributed by atoms with E-state index in [9.17, 15) is 0 Å². The van der Waals surface area contributed by atoms with Gasteiger partial charge in [-0.05, 0) is 29.8 Å². The van der Waals surface area contributed by atoms with Gasteiger partial charge in [0, 0.05) is 39.0 Å². The molecule has 1 saturated carbocycles.